The van der Waals surface area contributed by atoms with Crippen molar-refractivity contribution in [2.24, 2.45) is 5.10 Å². The summed E-state index contributed by atoms with van der Waals surface area (Å²) in [5, 5.41) is 17.1. The zero-order chi connectivity index (χ0) is 14.3. The molecule has 0 aliphatic carbocycles. The van der Waals surface area contributed by atoms with Crippen LogP contribution in [0, 0.1) is 0 Å². The Morgan fingerprint density at radius 1 is 1.53 bits per heavy atom. The van der Waals surface area contributed by atoms with E-state index in [0.717, 1.165) is 12.1 Å². The maximum absolute atomic E-state index is 9.68. The number of hydrazone groups is 1. The number of phenolic OH excluding ortho intramolecular Hbond substituents is 1. The second kappa shape index (κ2) is 7.96. The van der Waals surface area contributed by atoms with Gasteiger partial charge in [-0.3, -0.25) is 5.43 Å². The van der Waals surface area contributed by atoms with E-state index in [4.69, 9.17) is 17.0 Å². The van der Waals surface area contributed by atoms with Gasteiger partial charge in [-0.15, -0.1) is 0 Å². The molecule has 0 spiro atoms. The molecule has 0 aromatic heterocycles. The standard InChI is InChI=1S/C12H16BrN3O2S/c1-3-14-12(19)16-15-7-8-5-11(18-4-2)10(17)6-9(8)13/h5-7,17H,3-4H2,1-2H3,(H2,14,16,19)/b15-7-. The predicted molar refractivity (Wildman–Crippen MR) is 84.0 cm³/mol. The third-order valence-electron chi connectivity index (χ3n) is 2.09. The summed E-state index contributed by atoms with van der Waals surface area (Å²) < 4.78 is 6.02. The quantitative estimate of drug-likeness (QED) is 0.434. The summed E-state index contributed by atoms with van der Waals surface area (Å²) in [6.07, 6.45) is 1.59. The van der Waals surface area contributed by atoms with Gasteiger partial charge >= 0.3 is 0 Å². The van der Waals surface area contributed by atoms with E-state index in [-0.39, 0.29) is 5.75 Å². The topological polar surface area (TPSA) is 65.9 Å². The fourth-order valence-electron chi connectivity index (χ4n) is 1.29. The van der Waals surface area contributed by atoms with Gasteiger partial charge in [0.1, 0.15) is 0 Å². The summed E-state index contributed by atoms with van der Waals surface area (Å²) in [7, 11) is 0. The number of hydrogen-bond donors (Lipinski definition) is 3. The normalized spacial score (nSPS) is 10.5. The van der Waals surface area contributed by atoms with Gasteiger partial charge in [-0.1, -0.05) is 0 Å². The van der Waals surface area contributed by atoms with Crippen LogP contribution in [-0.2, 0) is 0 Å². The average molecular weight is 346 g/mol. The zero-order valence-corrected chi connectivity index (χ0v) is 13.1. The molecule has 1 aromatic rings. The number of thiocarbonyl (C=S) groups is 1. The summed E-state index contributed by atoms with van der Waals surface area (Å²) in [5.74, 6) is 0.503. The van der Waals surface area contributed by atoms with Crippen molar-refractivity contribution in [1.82, 2.24) is 10.7 Å². The summed E-state index contributed by atoms with van der Waals surface area (Å²) in [6, 6.07) is 3.26. The Bertz CT molecular complexity index is 480. The van der Waals surface area contributed by atoms with Crippen LogP contribution in [0.15, 0.2) is 21.7 Å². The van der Waals surface area contributed by atoms with Crippen molar-refractivity contribution in [3.05, 3.63) is 22.2 Å². The maximum atomic E-state index is 9.68. The minimum atomic E-state index is 0.0852. The molecule has 7 heteroatoms. The Labute approximate surface area is 126 Å². The van der Waals surface area contributed by atoms with Crippen LogP contribution in [-0.4, -0.2) is 29.6 Å². The first-order chi connectivity index (χ1) is 9.08. The Kier molecular flexibility index (Phi) is 6.58. The molecule has 19 heavy (non-hydrogen) atoms. The van der Waals surface area contributed by atoms with E-state index in [2.05, 4.69) is 31.8 Å². The van der Waals surface area contributed by atoms with Gasteiger partial charge in [-0.05, 0) is 54.1 Å². The molecular weight excluding hydrogens is 330 g/mol. The fraction of sp³-hybridized carbons (Fsp3) is 0.333. The summed E-state index contributed by atoms with van der Waals surface area (Å²) in [6.45, 7) is 5.02. The van der Waals surface area contributed by atoms with E-state index < -0.39 is 0 Å². The second-order valence-electron chi connectivity index (χ2n) is 3.50. The number of aromatic hydroxyl groups is 1. The van der Waals surface area contributed by atoms with E-state index >= 15 is 0 Å². The lowest BCUT2D eigenvalue weighted by atomic mass is 10.2. The van der Waals surface area contributed by atoms with Crippen molar-refractivity contribution in [2.75, 3.05) is 13.2 Å². The van der Waals surface area contributed by atoms with Gasteiger partial charge in [0.15, 0.2) is 16.6 Å². The lowest BCUT2D eigenvalue weighted by molar-refractivity contribution is 0.318. The van der Waals surface area contributed by atoms with E-state index in [1.165, 1.54) is 0 Å². The minimum absolute atomic E-state index is 0.0852. The zero-order valence-electron chi connectivity index (χ0n) is 10.7. The largest absolute Gasteiger partial charge is 0.504 e. The highest BCUT2D eigenvalue weighted by Gasteiger charge is 2.07. The molecule has 0 saturated heterocycles. The van der Waals surface area contributed by atoms with Gasteiger partial charge in [-0.25, -0.2) is 0 Å². The Balaban J connectivity index is 2.79. The van der Waals surface area contributed by atoms with Crippen LogP contribution in [0.25, 0.3) is 0 Å². The molecular formula is C12H16BrN3O2S. The van der Waals surface area contributed by atoms with Gasteiger partial charge in [0.2, 0.25) is 0 Å². The average Bonchev–Trinajstić information content (AvgIpc) is 2.35. The number of phenols is 1. The van der Waals surface area contributed by atoms with Crippen LogP contribution in [0.3, 0.4) is 0 Å². The molecule has 104 valence electrons. The molecule has 0 fully saturated rings. The van der Waals surface area contributed by atoms with E-state index in [1.807, 2.05) is 13.8 Å². The van der Waals surface area contributed by atoms with Crippen LogP contribution in [0.5, 0.6) is 11.5 Å². The van der Waals surface area contributed by atoms with Crippen molar-refractivity contribution < 1.29 is 9.84 Å². The highest BCUT2D eigenvalue weighted by Crippen LogP contribution is 2.31. The second-order valence-corrected chi connectivity index (χ2v) is 4.77. The molecule has 3 N–H and O–H groups in total. The third-order valence-corrected chi connectivity index (χ3v) is 3.01. The smallest absolute Gasteiger partial charge is 0.186 e. The number of ether oxygens (including phenoxy) is 1. The lowest BCUT2D eigenvalue weighted by Crippen LogP contribution is -2.31. The number of halogens is 1. The van der Waals surface area contributed by atoms with Gasteiger partial charge in [-0.2, -0.15) is 5.10 Å². The first-order valence-electron chi connectivity index (χ1n) is 5.80. The maximum Gasteiger partial charge on any atom is 0.186 e. The van der Waals surface area contributed by atoms with Crippen molar-refractivity contribution in [3.8, 4) is 11.5 Å². The van der Waals surface area contributed by atoms with Crippen LogP contribution in [0.2, 0.25) is 0 Å². The summed E-state index contributed by atoms with van der Waals surface area (Å²) in [5.41, 5.74) is 3.46. The van der Waals surface area contributed by atoms with Crippen molar-refractivity contribution in [3.63, 3.8) is 0 Å². The number of hydrogen-bond acceptors (Lipinski definition) is 4. The van der Waals surface area contributed by atoms with Crippen molar-refractivity contribution >= 4 is 39.5 Å². The lowest BCUT2D eigenvalue weighted by Gasteiger charge is -2.08. The monoisotopic (exact) mass is 345 g/mol. The molecule has 0 amide bonds. The van der Waals surface area contributed by atoms with Crippen LogP contribution >= 0.6 is 28.1 Å². The molecule has 1 rings (SSSR count). The van der Waals surface area contributed by atoms with E-state index in [1.54, 1.807) is 18.3 Å². The SMILES string of the molecule is CCNC(=S)N/N=C\c1cc(OCC)c(O)cc1Br. The molecule has 0 aliphatic heterocycles. The summed E-state index contributed by atoms with van der Waals surface area (Å²) in [4.78, 5) is 0. The molecule has 1 aromatic carbocycles. The molecule has 5 nitrogen and oxygen atoms in total. The van der Waals surface area contributed by atoms with Crippen molar-refractivity contribution in [2.45, 2.75) is 13.8 Å². The van der Waals surface area contributed by atoms with E-state index in [9.17, 15) is 5.11 Å². The Morgan fingerprint density at radius 2 is 2.26 bits per heavy atom. The third kappa shape index (κ3) is 5.04. The number of benzene rings is 1. The summed E-state index contributed by atoms with van der Waals surface area (Å²) >= 11 is 8.32. The molecule has 0 atom stereocenters. The number of nitrogens with one attached hydrogen (secondary N) is 2. The Morgan fingerprint density at radius 3 is 2.89 bits per heavy atom. The highest BCUT2D eigenvalue weighted by atomic mass is 79.9. The predicted octanol–water partition coefficient (Wildman–Crippen LogP) is 2.37. The van der Waals surface area contributed by atoms with E-state index in [0.29, 0.717) is 21.9 Å². The molecule has 0 radical (unpaired) electrons. The number of nitrogens with zero attached hydrogens (tertiary/aromatic N) is 1. The van der Waals surface area contributed by atoms with Crippen LogP contribution in [0.1, 0.15) is 19.4 Å². The molecule has 0 unspecified atom stereocenters. The van der Waals surface area contributed by atoms with Gasteiger partial charge in [0.25, 0.3) is 0 Å². The number of rotatable bonds is 5. The molecule has 0 heterocycles. The fourth-order valence-corrected chi connectivity index (χ4v) is 1.92. The van der Waals surface area contributed by atoms with Crippen molar-refractivity contribution in [1.29, 1.82) is 0 Å². The minimum Gasteiger partial charge on any atom is -0.504 e. The molecule has 0 bridgehead atoms. The van der Waals surface area contributed by atoms with Crippen LogP contribution in [0.4, 0.5) is 0 Å². The molecule has 0 saturated carbocycles. The van der Waals surface area contributed by atoms with Crippen LogP contribution < -0.4 is 15.5 Å². The van der Waals surface area contributed by atoms with Gasteiger partial charge < -0.3 is 15.2 Å². The van der Waals surface area contributed by atoms with Gasteiger partial charge in [0, 0.05) is 16.6 Å². The molecule has 0 aliphatic rings. The highest BCUT2D eigenvalue weighted by molar-refractivity contribution is 9.10. The van der Waals surface area contributed by atoms with Gasteiger partial charge in [0.05, 0.1) is 12.8 Å². The first-order valence-corrected chi connectivity index (χ1v) is 7.00. The Hall–Kier alpha value is -1.34. The first kappa shape index (κ1) is 15.7.